The van der Waals surface area contributed by atoms with E-state index in [0.717, 1.165) is 19.3 Å². The fourth-order valence-corrected chi connectivity index (χ4v) is 3.02. The van der Waals surface area contributed by atoms with Gasteiger partial charge in [0.15, 0.2) is 0 Å². The summed E-state index contributed by atoms with van der Waals surface area (Å²) in [7, 11) is 0. The van der Waals surface area contributed by atoms with Crippen LogP contribution in [0.15, 0.2) is 29.8 Å². The van der Waals surface area contributed by atoms with E-state index in [1.807, 2.05) is 29.8 Å². The molecule has 0 aliphatic rings. The third-order valence-corrected chi connectivity index (χ3v) is 4.21. The minimum absolute atomic E-state index is 0.217. The molecule has 1 aromatic carbocycles. The van der Waals surface area contributed by atoms with Gasteiger partial charge in [-0.15, -0.1) is 11.3 Å². The number of thiazole rings is 1. The Morgan fingerprint density at radius 1 is 1.50 bits per heavy atom. The summed E-state index contributed by atoms with van der Waals surface area (Å²) in [6, 6.07) is 6.04. The van der Waals surface area contributed by atoms with Gasteiger partial charge in [0.1, 0.15) is 5.01 Å². The number of hydrogen-bond donors (Lipinski definition) is 1. The predicted octanol–water partition coefficient (Wildman–Crippen LogP) is 4.57. The quantitative estimate of drug-likeness (QED) is 0.807. The van der Waals surface area contributed by atoms with Crippen LogP contribution in [0.3, 0.4) is 0 Å². The second-order valence-corrected chi connectivity index (χ2v) is 5.89. The summed E-state index contributed by atoms with van der Waals surface area (Å²) in [4.78, 5) is 4.29. The number of aromatic nitrogens is 1. The van der Waals surface area contributed by atoms with Crippen molar-refractivity contribution in [2.75, 3.05) is 5.32 Å². The van der Waals surface area contributed by atoms with E-state index in [1.165, 1.54) is 0 Å². The predicted molar refractivity (Wildman–Crippen MR) is 78.3 cm³/mol. The maximum Gasteiger partial charge on any atom is 0.115 e. The first-order valence-corrected chi connectivity index (χ1v) is 7.11. The molecule has 0 saturated heterocycles. The minimum Gasteiger partial charge on any atom is -0.375 e. The van der Waals surface area contributed by atoms with Crippen LogP contribution in [0.4, 0.5) is 5.69 Å². The first-order valence-electron chi connectivity index (χ1n) is 4.78. The number of halogens is 2. The van der Waals surface area contributed by atoms with Crippen LogP contribution < -0.4 is 5.32 Å². The Bertz CT molecular complexity index is 473. The third-order valence-electron chi connectivity index (χ3n) is 2.12. The summed E-state index contributed by atoms with van der Waals surface area (Å²) in [6.45, 7) is 2.10. The van der Waals surface area contributed by atoms with Gasteiger partial charge in [-0.3, -0.25) is 0 Å². The molecule has 0 aliphatic carbocycles. The van der Waals surface area contributed by atoms with Crippen LogP contribution in [0.25, 0.3) is 0 Å². The summed E-state index contributed by atoms with van der Waals surface area (Å²) in [5, 5.41) is 7.26. The molecule has 1 unspecified atom stereocenters. The fourth-order valence-electron chi connectivity index (χ4n) is 1.35. The van der Waals surface area contributed by atoms with Crippen LogP contribution in [-0.2, 0) is 0 Å². The zero-order chi connectivity index (χ0) is 11.5. The van der Waals surface area contributed by atoms with E-state index in [-0.39, 0.29) is 6.04 Å². The van der Waals surface area contributed by atoms with E-state index in [1.54, 1.807) is 11.3 Å². The topological polar surface area (TPSA) is 24.9 Å². The lowest BCUT2D eigenvalue weighted by molar-refractivity contribution is 0.868. The van der Waals surface area contributed by atoms with Gasteiger partial charge in [0.25, 0.3) is 0 Å². The van der Waals surface area contributed by atoms with Gasteiger partial charge < -0.3 is 5.32 Å². The Labute approximate surface area is 117 Å². The first-order chi connectivity index (χ1) is 7.66. The molecule has 16 heavy (non-hydrogen) atoms. The molecule has 1 aromatic heterocycles. The van der Waals surface area contributed by atoms with Gasteiger partial charge in [-0.25, -0.2) is 4.98 Å². The van der Waals surface area contributed by atoms with Crippen LogP contribution >= 0.6 is 45.5 Å². The van der Waals surface area contributed by atoms with Crippen molar-refractivity contribution < 1.29 is 0 Å². The molecule has 2 aromatic rings. The molecule has 5 heteroatoms. The fraction of sp³-hybridized carbons (Fsp3) is 0.182. The number of hydrogen-bond acceptors (Lipinski definition) is 3. The van der Waals surface area contributed by atoms with Crippen molar-refractivity contribution >= 4 is 51.2 Å². The SMILES string of the molecule is CC(Nc1ccc(Cl)cc1I)c1nccs1. The Morgan fingerprint density at radius 3 is 2.94 bits per heavy atom. The highest BCUT2D eigenvalue weighted by Crippen LogP contribution is 2.26. The second-order valence-electron chi connectivity index (χ2n) is 3.36. The molecule has 0 spiro atoms. The zero-order valence-corrected chi connectivity index (χ0v) is 12.3. The number of benzene rings is 1. The van der Waals surface area contributed by atoms with Crippen molar-refractivity contribution in [1.82, 2.24) is 4.98 Å². The number of rotatable bonds is 3. The molecule has 0 saturated carbocycles. The third kappa shape index (κ3) is 2.87. The van der Waals surface area contributed by atoms with Crippen molar-refractivity contribution in [3.8, 4) is 0 Å². The molecule has 84 valence electrons. The standard InChI is InChI=1S/C11H10ClIN2S/c1-7(11-14-4-5-16-11)15-10-3-2-8(12)6-9(10)13/h2-7,15H,1H3. The molecule has 1 atom stereocenters. The number of nitrogens with zero attached hydrogens (tertiary/aromatic N) is 1. The number of anilines is 1. The molecule has 1 heterocycles. The molecule has 1 N–H and O–H groups in total. The van der Waals surface area contributed by atoms with Crippen LogP contribution in [-0.4, -0.2) is 4.98 Å². The van der Waals surface area contributed by atoms with E-state index < -0.39 is 0 Å². The highest BCUT2D eigenvalue weighted by Gasteiger charge is 2.09. The summed E-state index contributed by atoms with van der Waals surface area (Å²) in [5.74, 6) is 0. The largest absolute Gasteiger partial charge is 0.375 e. The molecule has 2 rings (SSSR count). The van der Waals surface area contributed by atoms with Gasteiger partial charge >= 0.3 is 0 Å². The highest BCUT2D eigenvalue weighted by atomic mass is 127. The zero-order valence-electron chi connectivity index (χ0n) is 8.58. The average Bonchev–Trinajstić information content (AvgIpc) is 2.75. The van der Waals surface area contributed by atoms with Gasteiger partial charge in [0.05, 0.1) is 6.04 Å². The molecule has 0 bridgehead atoms. The Kier molecular flexibility index (Phi) is 4.05. The summed E-state index contributed by atoms with van der Waals surface area (Å²) in [5.41, 5.74) is 1.09. The summed E-state index contributed by atoms with van der Waals surface area (Å²) in [6.07, 6.45) is 1.82. The Hall–Kier alpha value is -0.330. The van der Waals surface area contributed by atoms with E-state index in [2.05, 4.69) is 39.8 Å². The van der Waals surface area contributed by atoms with Crippen molar-refractivity contribution in [2.45, 2.75) is 13.0 Å². The Balaban J connectivity index is 2.15. The van der Waals surface area contributed by atoms with E-state index in [9.17, 15) is 0 Å². The van der Waals surface area contributed by atoms with Crippen LogP contribution in [0.5, 0.6) is 0 Å². The van der Waals surface area contributed by atoms with Gasteiger partial charge in [-0.05, 0) is 47.7 Å². The molecular formula is C11H10ClIN2S. The van der Waals surface area contributed by atoms with E-state index in [0.29, 0.717) is 0 Å². The van der Waals surface area contributed by atoms with Crippen LogP contribution in [0.1, 0.15) is 18.0 Å². The molecule has 0 aliphatic heterocycles. The van der Waals surface area contributed by atoms with Gasteiger partial charge in [0, 0.05) is 25.9 Å². The van der Waals surface area contributed by atoms with Gasteiger partial charge in [0.2, 0.25) is 0 Å². The number of nitrogens with one attached hydrogen (secondary N) is 1. The lowest BCUT2D eigenvalue weighted by Gasteiger charge is -2.14. The normalized spacial score (nSPS) is 12.4. The molecule has 0 fully saturated rings. The maximum absolute atomic E-state index is 5.91. The maximum atomic E-state index is 5.91. The second kappa shape index (κ2) is 5.33. The van der Waals surface area contributed by atoms with E-state index >= 15 is 0 Å². The molecular weight excluding hydrogens is 355 g/mol. The first kappa shape index (κ1) is 12.1. The minimum atomic E-state index is 0.217. The van der Waals surface area contributed by atoms with Crippen molar-refractivity contribution in [3.63, 3.8) is 0 Å². The van der Waals surface area contributed by atoms with Crippen molar-refractivity contribution in [2.24, 2.45) is 0 Å². The van der Waals surface area contributed by atoms with Gasteiger partial charge in [-0.1, -0.05) is 11.6 Å². The Morgan fingerprint density at radius 2 is 2.31 bits per heavy atom. The lowest BCUT2D eigenvalue weighted by Crippen LogP contribution is -2.07. The van der Waals surface area contributed by atoms with Crippen LogP contribution in [0.2, 0.25) is 5.02 Å². The smallest absolute Gasteiger partial charge is 0.115 e. The van der Waals surface area contributed by atoms with E-state index in [4.69, 9.17) is 11.6 Å². The molecule has 0 amide bonds. The molecule has 2 nitrogen and oxygen atoms in total. The van der Waals surface area contributed by atoms with Crippen LogP contribution in [0, 0.1) is 3.57 Å². The lowest BCUT2D eigenvalue weighted by atomic mass is 10.3. The monoisotopic (exact) mass is 364 g/mol. The molecule has 0 radical (unpaired) electrons. The summed E-state index contributed by atoms with van der Waals surface area (Å²) < 4.78 is 1.12. The van der Waals surface area contributed by atoms with Gasteiger partial charge in [-0.2, -0.15) is 0 Å². The van der Waals surface area contributed by atoms with Crippen molar-refractivity contribution in [1.29, 1.82) is 0 Å². The average molecular weight is 365 g/mol. The summed E-state index contributed by atoms with van der Waals surface area (Å²) >= 11 is 9.84. The van der Waals surface area contributed by atoms with Crippen molar-refractivity contribution in [3.05, 3.63) is 43.4 Å². The highest BCUT2D eigenvalue weighted by molar-refractivity contribution is 14.1.